The molecule has 5 atom stereocenters. The first-order valence-electron chi connectivity index (χ1n) is 11.8. The largest absolute Gasteiger partial charge is 0.368 e. The Morgan fingerprint density at radius 1 is 1.49 bits per heavy atom. The van der Waals surface area contributed by atoms with Gasteiger partial charge in [-0.2, -0.15) is 0 Å². The van der Waals surface area contributed by atoms with Crippen molar-refractivity contribution in [2.45, 2.75) is 42.5 Å². The lowest BCUT2D eigenvalue weighted by Crippen LogP contribution is -2.47. The van der Waals surface area contributed by atoms with E-state index in [0.717, 1.165) is 24.3 Å². The summed E-state index contributed by atoms with van der Waals surface area (Å²) in [5.41, 5.74) is 0.595. The lowest BCUT2D eigenvalue weighted by Gasteiger charge is -2.27. The van der Waals surface area contributed by atoms with E-state index < -0.39 is 12.7 Å². The zero-order valence-corrected chi connectivity index (χ0v) is 22.7. The van der Waals surface area contributed by atoms with Crippen molar-refractivity contribution in [2.75, 3.05) is 52.2 Å². The zero-order chi connectivity index (χ0) is 25.4. The van der Waals surface area contributed by atoms with E-state index in [0.29, 0.717) is 44.2 Å². The number of likely N-dealkylation sites (tertiary alicyclic amines) is 2. The summed E-state index contributed by atoms with van der Waals surface area (Å²) in [5.74, 6) is 0.785. The van der Waals surface area contributed by atoms with E-state index in [1.165, 1.54) is 7.11 Å². The summed E-state index contributed by atoms with van der Waals surface area (Å²) in [5, 5.41) is 26.9. The van der Waals surface area contributed by atoms with Crippen LogP contribution in [-0.2, 0) is 9.47 Å². The number of amides is 2. The number of nitrogens with one attached hydrogen (secondary N) is 2. The molecule has 1 spiro atoms. The summed E-state index contributed by atoms with van der Waals surface area (Å²) >= 11 is 9.79. The first kappa shape index (κ1) is 28.8. The van der Waals surface area contributed by atoms with Crippen molar-refractivity contribution in [3.63, 3.8) is 0 Å². The third-order valence-corrected chi connectivity index (χ3v) is 9.37. The molecule has 0 aromatic carbocycles. The Hall–Kier alpha value is -0.760. The highest BCUT2D eigenvalue weighted by atomic mass is 35.5. The fourth-order valence-electron chi connectivity index (χ4n) is 4.61. The molecule has 4 unspecified atom stereocenters. The number of carbonyl (C=O) groups is 1. The monoisotopic (exact) mass is 548 g/mol. The Bertz CT molecular complexity index is 804. The molecule has 0 aromatic rings. The third kappa shape index (κ3) is 7.86. The molecule has 35 heavy (non-hydrogen) atoms. The summed E-state index contributed by atoms with van der Waals surface area (Å²) < 4.78 is 10.6. The van der Waals surface area contributed by atoms with Crippen LogP contribution in [0.5, 0.6) is 0 Å². The number of urea groups is 1. The van der Waals surface area contributed by atoms with Crippen molar-refractivity contribution in [1.29, 1.82) is 0 Å². The second kappa shape index (κ2) is 13.7. The molecule has 198 valence electrons. The van der Waals surface area contributed by atoms with Gasteiger partial charge in [-0.1, -0.05) is 24.3 Å². The minimum Gasteiger partial charge on any atom is -0.368 e. The maximum atomic E-state index is 13.2. The Balaban J connectivity index is 1.57. The number of halogens is 1. The van der Waals surface area contributed by atoms with Crippen LogP contribution in [0, 0.1) is 5.41 Å². The number of hydrogen-bond donors (Lipinski definition) is 4. The van der Waals surface area contributed by atoms with Crippen LogP contribution in [0.2, 0.25) is 0 Å². The molecule has 0 saturated carbocycles. The van der Waals surface area contributed by atoms with Crippen molar-refractivity contribution in [2.24, 2.45) is 5.41 Å². The smallest absolute Gasteiger partial charge is 0.319 e. The molecular weight excluding hydrogens is 512 g/mol. The lowest BCUT2D eigenvalue weighted by molar-refractivity contribution is -0.170. The quantitative estimate of drug-likeness (QED) is 0.228. The van der Waals surface area contributed by atoms with E-state index in [4.69, 9.17) is 21.1 Å². The van der Waals surface area contributed by atoms with Crippen LogP contribution in [-0.4, -0.2) is 101 Å². The number of aliphatic hydroxyl groups is 2. The number of nitrogens with zero attached hydrogens (tertiary/aromatic N) is 2. The van der Waals surface area contributed by atoms with Crippen LogP contribution in [0.1, 0.15) is 19.8 Å². The minimum absolute atomic E-state index is 0.134. The number of thioether (sulfide) groups is 2. The van der Waals surface area contributed by atoms with Gasteiger partial charge in [0, 0.05) is 63.3 Å². The molecule has 3 rings (SSSR count). The Kier molecular flexibility index (Phi) is 11.3. The van der Waals surface area contributed by atoms with Gasteiger partial charge >= 0.3 is 6.03 Å². The van der Waals surface area contributed by atoms with Gasteiger partial charge in [0.1, 0.15) is 5.50 Å². The van der Waals surface area contributed by atoms with Crippen LogP contribution >= 0.6 is 35.1 Å². The van der Waals surface area contributed by atoms with Gasteiger partial charge in [0.05, 0.1) is 4.58 Å². The van der Waals surface area contributed by atoms with Gasteiger partial charge < -0.3 is 29.9 Å². The predicted octanol–water partition coefficient (Wildman–Crippen LogP) is 2.29. The second-order valence-electron chi connectivity index (χ2n) is 8.75. The molecular formula is C23H37ClN4O5S2. The van der Waals surface area contributed by atoms with Gasteiger partial charge in [0.15, 0.2) is 6.29 Å². The first-order chi connectivity index (χ1) is 16.8. The summed E-state index contributed by atoms with van der Waals surface area (Å²) in [6, 6.07) is -0.134. The van der Waals surface area contributed by atoms with E-state index in [1.807, 2.05) is 22.8 Å². The highest BCUT2D eigenvalue weighted by Crippen LogP contribution is 2.45. The topological polar surface area (TPSA) is 107 Å². The van der Waals surface area contributed by atoms with Gasteiger partial charge in [-0.25, -0.2) is 4.79 Å². The predicted molar refractivity (Wildman–Crippen MR) is 142 cm³/mol. The van der Waals surface area contributed by atoms with E-state index in [-0.39, 0.29) is 21.5 Å². The molecule has 4 N–H and O–H groups in total. The van der Waals surface area contributed by atoms with Crippen LogP contribution in [0.3, 0.4) is 0 Å². The molecule has 9 nitrogen and oxygen atoms in total. The lowest BCUT2D eigenvalue weighted by atomic mass is 9.81. The van der Waals surface area contributed by atoms with Gasteiger partial charge in [0.25, 0.3) is 0 Å². The van der Waals surface area contributed by atoms with Gasteiger partial charge in [0.2, 0.25) is 6.41 Å². The maximum Gasteiger partial charge on any atom is 0.319 e. The molecule has 3 fully saturated rings. The molecule has 0 radical (unpaired) electrons. The van der Waals surface area contributed by atoms with Crippen LogP contribution in [0.4, 0.5) is 4.79 Å². The summed E-state index contributed by atoms with van der Waals surface area (Å²) in [6.07, 6.45) is 4.96. The summed E-state index contributed by atoms with van der Waals surface area (Å²) in [6.45, 7) is 9.09. The summed E-state index contributed by atoms with van der Waals surface area (Å²) in [7, 11) is 1.48. The Morgan fingerprint density at radius 2 is 2.29 bits per heavy atom. The van der Waals surface area contributed by atoms with Gasteiger partial charge in [-0.15, -0.1) is 23.5 Å². The number of rotatable bonds is 11. The van der Waals surface area contributed by atoms with E-state index >= 15 is 0 Å². The number of aliphatic hydroxyl groups excluding tert-OH is 2. The van der Waals surface area contributed by atoms with Crippen LogP contribution < -0.4 is 10.6 Å². The molecule has 0 aromatic heterocycles. The molecule has 3 aliphatic heterocycles. The van der Waals surface area contributed by atoms with E-state index in [9.17, 15) is 15.0 Å². The normalized spacial score (nSPS) is 30.4. The van der Waals surface area contributed by atoms with E-state index in [2.05, 4.69) is 17.2 Å². The fourth-order valence-corrected chi connectivity index (χ4v) is 7.44. The van der Waals surface area contributed by atoms with Crippen molar-refractivity contribution < 1.29 is 24.5 Å². The molecule has 3 aliphatic rings. The standard InChI is InChI=1S/C23H37ClN4O5S2/c1-4-6-17(24)11-16-13-28(15-23(16)8-9-27(14-23)22(31)32-3)21(30)26-20-25-12-19(35-20)34-10-7-18(29)33-5-2/h4,6,11,18-20,22,25,29,31H,1,5,7-10,12-15H2,2-3H3,(H,26,30)/b16-11+,17-6+/t18?,19?,20?,22?,23-/m1/s1. The van der Waals surface area contributed by atoms with Gasteiger partial charge in [-0.05, 0) is 36.8 Å². The number of ether oxygens (including phenoxy) is 2. The van der Waals surface area contributed by atoms with Gasteiger partial charge in [-0.3, -0.25) is 10.2 Å². The van der Waals surface area contributed by atoms with Crippen molar-refractivity contribution in [3.8, 4) is 0 Å². The molecule has 0 bridgehead atoms. The zero-order valence-electron chi connectivity index (χ0n) is 20.3. The number of methoxy groups -OCH3 is 1. The van der Waals surface area contributed by atoms with Crippen molar-refractivity contribution in [3.05, 3.63) is 35.4 Å². The molecule has 2 amide bonds. The first-order valence-corrected chi connectivity index (χ1v) is 14.2. The third-order valence-electron chi connectivity index (χ3n) is 6.36. The molecule has 0 aliphatic carbocycles. The van der Waals surface area contributed by atoms with Crippen molar-refractivity contribution >= 4 is 41.2 Å². The van der Waals surface area contributed by atoms with Crippen molar-refractivity contribution in [1.82, 2.24) is 20.4 Å². The highest BCUT2D eigenvalue weighted by Gasteiger charge is 2.49. The number of allylic oxidation sites excluding steroid dienone is 4. The maximum absolute atomic E-state index is 13.2. The number of hydrogen-bond acceptors (Lipinski definition) is 9. The number of carbonyl (C=O) groups excluding carboxylic acids is 1. The second-order valence-corrected chi connectivity index (χ2v) is 12.1. The van der Waals surface area contributed by atoms with E-state index in [1.54, 1.807) is 35.7 Å². The molecule has 12 heteroatoms. The average Bonchev–Trinajstić information content (AvgIpc) is 3.54. The van der Waals surface area contributed by atoms with Crippen LogP contribution in [0.25, 0.3) is 0 Å². The minimum atomic E-state index is -0.971. The fraction of sp³-hybridized carbons (Fsp3) is 0.696. The summed E-state index contributed by atoms with van der Waals surface area (Å²) in [4.78, 5) is 16.9. The Labute approximate surface area is 221 Å². The highest BCUT2D eigenvalue weighted by molar-refractivity contribution is 8.17. The molecule has 3 saturated heterocycles. The SMILES string of the molecule is C=C/C=C(Cl)\C=C1/CN(C(=O)NC2NCC(SCCC(O)OCC)S2)C[C@]12CCN(C(O)OC)C2. The average molecular weight is 549 g/mol. The van der Waals surface area contributed by atoms with Crippen LogP contribution in [0.15, 0.2) is 35.4 Å². The molecule has 3 heterocycles. The Morgan fingerprint density at radius 3 is 3.00 bits per heavy atom.